The third-order valence-corrected chi connectivity index (χ3v) is 2.82. The summed E-state index contributed by atoms with van der Waals surface area (Å²) in [5.41, 5.74) is 7.68. The Morgan fingerprint density at radius 2 is 2.06 bits per heavy atom. The molecule has 5 nitrogen and oxygen atoms in total. The lowest BCUT2D eigenvalue weighted by atomic mass is 10.1. The van der Waals surface area contributed by atoms with E-state index in [2.05, 4.69) is 23.9 Å². The van der Waals surface area contributed by atoms with E-state index in [0.717, 1.165) is 29.4 Å². The molecule has 88 valence electrons. The van der Waals surface area contributed by atoms with Crippen molar-refractivity contribution in [3.05, 3.63) is 17.2 Å². The molecule has 0 aliphatic heterocycles. The maximum Gasteiger partial charge on any atom is 0.232 e. The lowest BCUT2D eigenvalue weighted by Gasteiger charge is -2.02. The first-order chi connectivity index (χ1) is 7.54. The Morgan fingerprint density at radius 1 is 1.38 bits per heavy atom. The zero-order chi connectivity index (χ0) is 11.9. The van der Waals surface area contributed by atoms with Gasteiger partial charge in [-0.25, -0.2) is 4.98 Å². The zero-order valence-corrected chi connectivity index (χ0v) is 10.4. The van der Waals surface area contributed by atoms with Crippen molar-refractivity contribution < 1.29 is 0 Å². The Morgan fingerprint density at radius 3 is 2.62 bits per heavy atom. The largest absolute Gasteiger partial charge is 0.325 e. The normalized spacial score (nSPS) is 11.9. The average Bonchev–Trinajstić information content (AvgIpc) is 2.64. The van der Waals surface area contributed by atoms with Crippen molar-refractivity contribution in [2.24, 2.45) is 18.7 Å². The Balaban J connectivity index is 2.56. The molecule has 0 saturated carbocycles. The van der Waals surface area contributed by atoms with Crippen LogP contribution in [-0.4, -0.2) is 19.2 Å². The van der Waals surface area contributed by atoms with E-state index in [1.165, 1.54) is 0 Å². The zero-order valence-electron chi connectivity index (χ0n) is 10.4. The van der Waals surface area contributed by atoms with E-state index in [0.29, 0.717) is 12.5 Å². The van der Waals surface area contributed by atoms with Crippen molar-refractivity contribution in [2.75, 3.05) is 0 Å². The minimum absolute atomic E-state index is 0.477. The number of rotatable bonds is 3. The highest BCUT2D eigenvalue weighted by atomic mass is 15.4. The van der Waals surface area contributed by atoms with E-state index in [9.17, 15) is 0 Å². The van der Waals surface area contributed by atoms with E-state index in [1.54, 1.807) is 0 Å². The van der Waals surface area contributed by atoms with Crippen molar-refractivity contribution in [3.63, 3.8) is 0 Å². The first-order valence-electron chi connectivity index (χ1n) is 5.64. The maximum atomic E-state index is 5.71. The van der Waals surface area contributed by atoms with Crippen LogP contribution in [0.15, 0.2) is 0 Å². The Hall–Kier alpha value is -1.36. The van der Waals surface area contributed by atoms with Crippen LogP contribution in [0.5, 0.6) is 0 Å². The Bertz CT molecular complexity index is 506. The van der Waals surface area contributed by atoms with Crippen molar-refractivity contribution in [1.82, 2.24) is 19.2 Å². The van der Waals surface area contributed by atoms with Crippen LogP contribution in [0.25, 0.3) is 5.78 Å². The van der Waals surface area contributed by atoms with E-state index >= 15 is 0 Å². The molecule has 0 aromatic carbocycles. The summed E-state index contributed by atoms with van der Waals surface area (Å²) in [6.45, 7) is 6.82. The Kier molecular flexibility index (Phi) is 2.71. The summed E-state index contributed by atoms with van der Waals surface area (Å²) in [5, 5.41) is 4.58. The highest BCUT2D eigenvalue weighted by Crippen LogP contribution is 2.14. The summed E-state index contributed by atoms with van der Waals surface area (Å²) in [6.07, 6.45) is 0.961. The van der Waals surface area contributed by atoms with Gasteiger partial charge in [-0.3, -0.25) is 0 Å². The van der Waals surface area contributed by atoms with Crippen LogP contribution in [0.1, 0.15) is 31.1 Å². The quantitative estimate of drug-likeness (QED) is 0.842. The number of fused-ring (bicyclic) bond motifs is 1. The molecule has 0 fully saturated rings. The molecule has 0 amide bonds. The Labute approximate surface area is 95.3 Å². The van der Waals surface area contributed by atoms with Crippen molar-refractivity contribution in [3.8, 4) is 0 Å². The third kappa shape index (κ3) is 1.61. The molecule has 5 heteroatoms. The monoisotopic (exact) mass is 221 g/mol. The molecule has 0 atom stereocenters. The number of aromatic nitrogens is 4. The summed E-state index contributed by atoms with van der Waals surface area (Å²) in [4.78, 5) is 4.49. The van der Waals surface area contributed by atoms with Crippen LogP contribution in [0.3, 0.4) is 0 Å². The topological polar surface area (TPSA) is 61.1 Å². The van der Waals surface area contributed by atoms with Gasteiger partial charge in [-0.1, -0.05) is 13.8 Å². The first kappa shape index (κ1) is 11.1. The molecule has 0 bridgehead atoms. The van der Waals surface area contributed by atoms with Crippen LogP contribution in [0.4, 0.5) is 0 Å². The van der Waals surface area contributed by atoms with Gasteiger partial charge in [0.25, 0.3) is 0 Å². The lowest BCUT2D eigenvalue weighted by Crippen LogP contribution is -2.05. The van der Waals surface area contributed by atoms with Crippen LogP contribution < -0.4 is 5.73 Å². The van der Waals surface area contributed by atoms with Crippen LogP contribution in [-0.2, 0) is 20.0 Å². The summed E-state index contributed by atoms with van der Waals surface area (Å²) < 4.78 is 3.92. The summed E-state index contributed by atoms with van der Waals surface area (Å²) in [5.74, 6) is 2.54. The third-order valence-electron chi connectivity index (χ3n) is 2.82. The predicted octanol–water partition coefficient (Wildman–Crippen LogP) is 1.03. The van der Waals surface area contributed by atoms with E-state index < -0.39 is 0 Å². The molecule has 0 radical (unpaired) electrons. The summed E-state index contributed by atoms with van der Waals surface area (Å²) in [6, 6.07) is 0. The second-order valence-electron chi connectivity index (χ2n) is 4.63. The van der Waals surface area contributed by atoms with Crippen LogP contribution in [0, 0.1) is 12.8 Å². The van der Waals surface area contributed by atoms with Gasteiger partial charge in [-0.05, 0) is 12.8 Å². The molecule has 0 aliphatic carbocycles. The fourth-order valence-corrected chi connectivity index (χ4v) is 1.93. The molecular formula is C11H19N5. The minimum atomic E-state index is 0.477. The molecular weight excluding hydrogens is 202 g/mol. The molecule has 0 aliphatic rings. The number of imidazole rings is 1. The van der Waals surface area contributed by atoms with Crippen molar-refractivity contribution in [1.29, 1.82) is 0 Å². The van der Waals surface area contributed by atoms with Crippen LogP contribution in [0.2, 0.25) is 0 Å². The molecule has 2 heterocycles. The molecule has 0 unspecified atom stereocenters. The number of aryl methyl sites for hydroxylation is 2. The molecule has 0 saturated heterocycles. The molecule has 2 aromatic heterocycles. The minimum Gasteiger partial charge on any atom is -0.325 e. The van der Waals surface area contributed by atoms with Gasteiger partial charge in [-0.15, -0.1) is 0 Å². The fourth-order valence-electron chi connectivity index (χ4n) is 1.93. The van der Waals surface area contributed by atoms with E-state index in [1.807, 2.05) is 23.1 Å². The average molecular weight is 221 g/mol. The van der Waals surface area contributed by atoms with Gasteiger partial charge in [0.15, 0.2) is 0 Å². The number of nitrogens with zero attached hydrogens (tertiary/aromatic N) is 4. The predicted molar refractivity (Wildman–Crippen MR) is 63.1 cm³/mol. The van der Waals surface area contributed by atoms with Crippen molar-refractivity contribution in [2.45, 2.75) is 33.7 Å². The standard InChI is InChI=1S/C11H19N5/c1-7(2)5-10-14-16-9(6-12)8(3)13-11(16)15(10)4/h7H,5-6,12H2,1-4H3. The van der Waals surface area contributed by atoms with Gasteiger partial charge in [-0.2, -0.15) is 9.61 Å². The van der Waals surface area contributed by atoms with Gasteiger partial charge < -0.3 is 10.3 Å². The maximum absolute atomic E-state index is 5.71. The van der Waals surface area contributed by atoms with Gasteiger partial charge in [0, 0.05) is 20.0 Å². The number of hydrogen-bond donors (Lipinski definition) is 1. The van der Waals surface area contributed by atoms with Gasteiger partial charge >= 0.3 is 0 Å². The highest BCUT2D eigenvalue weighted by molar-refractivity contribution is 5.36. The molecule has 2 rings (SSSR count). The fraction of sp³-hybridized carbons (Fsp3) is 0.636. The molecule has 2 aromatic rings. The summed E-state index contributed by atoms with van der Waals surface area (Å²) in [7, 11) is 2.01. The summed E-state index contributed by atoms with van der Waals surface area (Å²) >= 11 is 0. The van der Waals surface area contributed by atoms with E-state index in [-0.39, 0.29) is 0 Å². The van der Waals surface area contributed by atoms with Gasteiger partial charge in [0.2, 0.25) is 5.78 Å². The van der Waals surface area contributed by atoms with Gasteiger partial charge in [0.1, 0.15) is 5.82 Å². The number of nitrogens with two attached hydrogens (primary N) is 1. The highest BCUT2D eigenvalue weighted by Gasteiger charge is 2.15. The second-order valence-corrected chi connectivity index (χ2v) is 4.63. The van der Waals surface area contributed by atoms with Crippen LogP contribution >= 0.6 is 0 Å². The van der Waals surface area contributed by atoms with Crippen molar-refractivity contribution >= 4 is 5.78 Å². The van der Waals surface area contributed by atoms with Gasteiger partial charge in [0.05, 0.1) is 11.4 Å². The molecule has 16 heavy (non-hydrogen) atoms. The smallest absolute Gasteiger partial charge is 0.232 e. The number of hydrogen-bond acceptors (Lipinski definition) is 3. The first-order valence-corrected chi connectivity index (χ1v) is 5.64. The molecule has 0 spiro atoms. The van der Waals surface area contributed by atoms with E-state index in [4.69, 9.17) is 5.73 Å². The SMILES string of the molecule is Cc1nc2n(C)c(CC(C)C)nn2c1CN. The molecule has 2 N–H and O–H groups in total. The second kappa shape index (κ2) is 3.90. The lowest BCUT2D eigenvalue weighted by molar-refractivity contribution is 0.599.